The van der Waals surface area contributed by atoms with Gasteiger partial charge in [0, 0.05) is 16.9 Å². The molecule has 0 fully saturated rings. The van der Waals surface area contributed by atoms with Crippen molar-refractivity contribution in [3.05, 3.63) is 53.0 Å². The van der Waals surface area contributed by atoms with Crippen LogP contribution in [0.3, 0.4) is 0 Å². The van der Waals surface area contributed by atoms with Gasteiger partial charge in [-0.25, -0.2) is 4.98 Å². The molecule has 2 aromatic carbocycles. The van der Waals surface area contributed by atoms with Gasteiger partial charge in [0.2, 0.25) is 10.9 Å². The number of rotatable bonds is 7. The molecule has 9 heteroatoms. The summed E-state index contributed by atoms with van der Waals surface area (Å²) < 4.78 is 16.4. The van der Waals surface area contributed by atoms with Crippen LogP contribution < -0.4 is 19.5 Å². The van der Waals surface area contributed by atoms with Crippen LogP contribution in [0.4, 0.5) is 5.13 Å². The molecule has 0 aliphatic carbocycles. The summed E-state index contributed by atoms with van der Waals surface area (Å²) in [5.74, 6) is 1.45. The molecule has 0 saturated heterocycles. The number of fused-ring (bicyclic) bond motifs is 1. The van der Waals surface area contributed by atoms with Gasteiger partial charge in [-0.1, -0.05) is 43.4 Å². The molecule has 0 atom stereocenters. The number of nitrogens with one attached hydrogen (secondary N) is 1. The number of benzene rings is 2. The average molecular weight is 465 g/mol. The topological polar surface area (TPSA) is 95.5 Å². The first-order chi connectivity index (χ1) is 15.9. The van der Waals surface area contributed by atoms with Crippen molar-refractivity contribution >= 4 is 33.3 Å². The van der Waals surface area contributed by atoms with E-state index >= 15 is 0 Å². The summed E-state index contributed by atoms with van der Waals surface area (Å²) in [5, 5.41) is 13.2. The summed E-state index contributed by atoms with van der Waals surface area (Å²) in [4.78, 5) is 18.0. The van der Waals surface area contributed by atoms with Crippen LogP contribution in [0.5, 0.6) is 17.2 Å². The molecule has 1 N–H and O–H groups in total. The predicted octanol–water partition coefficient (Wildman–Crippen LogP) is 5.15. The largest absolute Gasteiger partial charge is 0.493 e. The molecule has 1 amide bonds. The van der Waals surface area contributed by atoms with E-state index in [1.54, 1.807) is 39.5 Å². The van der Waals surface area contributed by atoms with Gasteiger partial charge in [0.1, 0.15) is 5.01 Å². The summed E-state index contributed by atoms with van der Waals surface area (Å²) in [5.41, 5.74) is 2.49. The first-order valence-corrected chi connectivity index (χ1v) is 11.1. The molecular weight excluding hydrogens is 440 g/mol. The summed E-state index contributed by atoms with van der Waals surface area (Å²) in [6.07, 6.45) is 0. The molecule has 33 heavy (non-hydrogen) atoms. The Morgan fingerprint density at radius 3 is 2.27 bits per heavy atom. The van der Waals surface area contributed by atoms with Crippen LogP contribution in [0.15, 0.2) is 42.5 Å². The standard InChI is InChI=1S/C24H24N4O4S/c1-13(2)23-27-28-24(33-23)26-22(29)16-12-18(25-17-9-7-6-8-15(16)17)14-10-19(30-3)21(32-5)20(11-14)31-4/h6-13H,1-5H3,(H,26,28,29). The lowest BCUT2D eigenvalue weighted by molar-refractivity contribution is 0.102. The number of para-hydroxylation sites is 1. The van der Waals surface area contributed by atoms with Crippen molar-refractivity contribution in [1.82, 2.24) is 15.2 Å². The molecule has 0 spiro atoms. The Morgan fingerprint density at radius 1 is 0.970 bits per heavy atom. The average Bonchev–Trinajstić information content (AvgIpc) is 3.31. The normalized spacial score (nSPS) is 11.0. The highest BCUT2D eigenvalue weighted by Crippen LogP contribution is 2.41. The van der Waals surface area contributed by atoms with E-state index in [1.165, 1.54) is 11.3 Å². The van der Waals surface area contributed by atoms with Crippen molar-refractivity contribution in [2.75, 3.05) is 26.6 Å². The SMILES string of the molecule is COc1cc(-c2cc(C(=O)Nc3nnc(C(C)C)s3)c3ccccc3n2)cc(OC)c1OC. The van der Waals surface area contributed by atoms with Gasteiger partial charge < -0.3 is 14.2 Å². The minimum Gasteiger partial charge on any atom is -0.493 e. The molecule has 4 aromatic rings. The molecule has 170 valence electrons. The number of pyridine rings is 1. The highest BCUT2D eigenvalue weighted by atomic mass is 32.1. The third kappa shape index (κ3) is 4.45. The zero-order valence-electron chi connectivity index (χ0n) is 19.0. The van der Waals surface area contributed by atoms with Gasteiger partial charge in [-0.3, -0.25) is 10.1 Å². The van der Waals surface area contributed by atoms with Gasteiger partial charge >= 0.3 is 0 Å². The highest BCUT2D eigenvalue weighted by Gasteiger charge is 2.19. The minimum absolute atomic E-state index is 0.238. The molecule has 4 rings (SSSR count). The fourth-order valence-electron chi connectivity index (χ4n) is 3.42. The molecule has 2 aromatic heterocycles. The number of amides is 1. The Bertz CT molecular complexity index is 1290. The molecular formula is C24H24N4O4S. The van der Waals surface area contributed by atoms with E-state index in [-0.39, 0.29) is 11.8 Å². The third-order valence-electron chi connectivity index (χ3n) is 5.08. The maximum Gasteiger partial charge on any atom is 0.258 e. The number of anilines is 1. The fourth-order valence-corrected chi connectivity index (χ4v) is 4.16. The number of nitrogens with zero attached hydrogens (tertiary/aromatic N) is 3. The van der Waals surface area contributed by atoms with Crippen LogP contribution in [0, 0.1) is 0 Å². The molecule has 0 bridgehead atoms. The predicted molar refractivity (Wildman–Crippen MR) is 129 cm³/mol. The Morgan fingerprint density at radius 2 is 1.67 bits per heavy atom. The van der Waals surface area contributed by atoms with E-state index in [0.29, 0.717) is 39.2 Å². The van der Waals surface area contributed by atoms with Gasteiger partial charge in [-0.15, -0.1) is 10.2 Å². The van der Waals surface area contributed by atoms with Crippen molar-refractivity contribution in [3.8, 4) is 28.5 Å². The number of methoxy groups -OCH3 is 3. The van der Waals surface area contributed by atoms with Crippen LogP contribution in [-0.4, -0.2) is 42.4 Å². The molecule has 0 radical (unpaired) electrons. The number of aromatic nitrogens is 3. The summed E-state index contributed by atoms with van der Waals surface area (Å²) in [6.45, 7) is 4.07. The van der Waals surface area contributed by atoms with Crippen LogP contribution in [-0.2, 0) is 0 Å². The van der Waals surface area contributed by atoms with E-state index in [0.717, 1.165) is 16.0 Å². The first-order valence-electron chi connectivity index (χ1n) is 10.3. The summed E-state index contributed by atoms with van der Waals surface area (Å²) in [6, 6.07) is 12.9. The van der Waals surface area contributed by atoms with Gasteiger partial charge in [0.15, 0.2) is 11.5 Å². The van der Waals surface area contributed by atoms with E-state index < -0.39 is 0 Å². The van der Waals surface area contributed by atoms with Crippen molar-refractivity contribution in [3.63, 3.8) is 0 Å². The van der Waals surface area contributed by atoms with Crippen LogP contribution in [0.2, 0.25) is 0 Å². The van der Waals surface area contributed by atoms with Crippen molar-refractivity contribution in [1.29, 1.82) is 0 Å². The molecule has 0 aliphatic rings. The van der Waals surface area contributed by atoms with Gasteiger partial charge in [-0.2, -0.15) is 0 Å². The molecule has 2 heterocycles. The molecule has 8 nitrogen and oxygen atoms in total. The lowest BCUT2D eigenvalue weighted by Gasteiger charge is -2.15. The molecule has 0 saturated carbocycles. The maximum atomic E-state index is 13.3. The fraction of sp³-hybridized carbons (Fsp3) is 0.250. The van der Waals surface area contributed by atoms with Crippen molar-refractivity contribution in [2.45, 2.75) is 19.8 Å². The second-order valence-electron chi connectivity index (χ2n) is 7.54. The number of ether oxygens (including phenoxy) is 3. The zero-order chi connectivity index (χ0) is 23.5. The summed E-state index contributed by atoms with van der Waals surface area (Å²) in [7, 11) is 4.66. The van der Waals surface area contributed by atoms with Crippen LogP contribution in [0.1, 0.15) is 35.1 Å². The molecule has 0 aliphatic heterocycles. The number of hydrogen-bond donors (Lipinski definition) is 1. The van der Waals surface area contributed by atoms with E-state index in [9.17, 15) is 4.79 Å². The lowest BCUT2D eigenvalue weighted by Crippen LogP contribution is -2.13. The maximum absolute atomic E-state index is 13.3. The Kier molecular flexibility index (Phi) is 6.41. The smallest absolute Gasteiger partial charge is 0.258 e. The third-order valence-corrected chi connectivity index (χ3v) is 6.22. The second-order valence-corrected chi connectivity index (χ2v) is 8.55. The zero-order valence-corrected chi connectivity index (χ0v) is 19.8. The van der Waals surface area contributed by atoms with Gasteiger partial charge in [-0.05, 0) is 24.3 Å². The number of hydrogen-bond acceptors (Lipinski definition) is 8. The number of carbonyl (C=O) groups excluding carboxylic acids is 1. The Hall–Kier alpha value is -3.72. The number of carbonyl (C=O) groups is 1. The lowest BCUT2D eigenvalue weighted by atomic mass is 10.0. The van der Waals surface area contributed by atoms with Gasteiger partial charge in [0.25, 0.3) is 5.91 Å². The van der Waals surface area contributed by atoms with E-state index in [1.807, 2.05) is 38.1 Å². The van der Waals surface area contributed by atoms with E-state index in [4.69, 9.17) is 19.2 Å². The minimum atomic E-state index is -0.284. The summed E-state index contributed by atoms with van der Waals surface area (Å²) >= 11 is 1.37. The molecule has 0 unspecified atom stereocenters. The van der Waals surface area contributed by atoms with Crippen LogP contribution >= 0.6 is 11.3 Å². The monoisotopic (exact) mass is 464 g/mol. The van der Waals surface area contributed by atoms with Crippen LogP contribution in [0.25, 0.3) is 22.2 Å². The highest BCUT2D eigenvalue weighted by molar-refractivity contribution is 7.15. The quantitative estimate of drug-likeness (QED) is 0.404. The Balaban J connectivity index is 1.81. The first kappa shape index (κ1) is 22.5. The Labute approximate surface area is 195 Å². The van der Waals surface area contributed by atoms with Gasteiger partial charge in [0.05, 0.1) is 38.1 Å². The van der Waals surface area contributed by atoms with Crippen molar-refractivity contribution < 1.29 is 19.0 Å². The van der Waals surface area contributed by atoms with Crippen molar-refractivity contribution in [2.24, 2.45) is 0 Å². The van der Waals surface area contributed by atoms with E-state index in [2.05, 4.69) is 15.5 Å². The second kappa shape index (κ2) is 9.41.